The zero-order chi connectivity index (χ0) is 32.3. The summed E-state index contributed by atoms with van der Waals surface area (Å²) in [5.74, 6) is 7.27. The maximum absolute atomic E-state index is 14.7. The first kappa shape index (κ1) is 37.6. The Kier molecular flexibility index (Phi) is 12.5. The summed E-state index contributed by atoms with van der Waals surface area (Å²) < 4.78 is 16.1. The molecule has 0 aliphatic rings. The summed E-state index contributed by atoms with van der Waals surface area (Å²) >= 11 is -1.90. The van der Waals surface area contributed by atoms with Crippen LogP contribution in [0.1, 0.15) is 66.9 Å². The van der Waals surface area contributed by atoms with Crippen LogP contribution in [0, 0.1) is 22.7 Å². The van der Waals surface area contributed by atoms with Crippen LogP contribution < -0.4 is 4.40 Å². The Labute approximate surface area is 280 Å². The van der Waals surface area contributed by atoms with Crippen LogP contribution in [-0.4, -0.2) is 29.1 Å². The fraction of sp³-hybridized carbons (Fsp3) is 0.368. The number of carbonyl (C=O) groups excluding carboxylic acids is 1. The van der Waals surface area contributed by atoms with Gasteiger partial charge in [0.05, 0.1) is 0 Å². The van der Waals surface area contributed by atoms with Crippen molar-refractivity contribution in [1.29, 1.82) is 0 Å². The van der Waals surface area contributed by atoms with E-state index in [1.54, 1.807) is 0 Å². The first-order valence-corrected chi connectivity index (χ1v) is 22.3. The Morgan fingerprint density at radius 1 is 0.932 bits per heavy atom. The number of fused-ring (bicyclic) bond motifs is 1. The van der Waals surface area contributed by atoms with E-state index in [4.69, 9.17) is 0 Å². The minimum absolute atomic E-state index is 0. The third-order valence-corrected chi connectivity index (χ3v) is 11.7. The molecule has 1 N–H and O–H groups in total. The number of carbonyl (C=O) groups is 1. The summed E-state index contributed by atoms with van der Waals surface area (Å²) in [6.07, 6.45) is 2.66. The number of ketones is 1. The van der Waals surface area contributed by atoms with Gasteiger partial charge in [-0.25, -0.2) is 0 Å². The molecule has 0 saturated carbocycles. The average Bonchev–Trinajstić information content (AvgIpc) is 2.91. The van der Waals surface area contributed by atoms with E-state index in [2.05, 4.69) is 78.6 Å². The molecular weight excluding hydrogens is 786 g/mol. The molecule has 3 nitrogen and oxygen atoms in total. The number of hydrogen-bond acceptors (Lipinski definition) is 3. The van der Waals surface area contributed by atoms with Crippen molar-refractivity contribution < 1.29 is 34.4 Å². The predicted octanol–water partition coefficient (Wildman–Crippen LogP) is 10.3. The third kappa shape index (κ3) is 9.70. The Morgan fingerprint density at radius 2 is 1.52 bits per heavy atom. The van der Waals surface area contributed by atoms with Gasteiger partial charge in [0.2, 0.25) is 0 Å². The van der Waals surface area contributed by atoms with Crippen molar-refractivity contribution in [3.63, 3.8) is 0 Å². The van der Waals surface area contributed by atoms with E-state index in [-0.39, 0.29) is 42.9 Å². The molecule has 4 rings (SSSR count). The maximum atomic E-state index is 14.7. The average molecular weight is 834 g/mol. The van der Waals surface area contributed by atoms with Gasteiger partial charge >= 0.3 is 175 Å². The van der Waals surface area contributed by atoms with E-state index < -0.39 is 18.7 Å². The summed E-state index contributed by atoms with van der Waals surface area (Å²) in [6.45, 7) is 15.5. The normalized spacial score (nSPS) is 12.4. The van der Waals surface area contributed by atoms with Crippen LogP contribution >= 0.6 is 0 Å². The molecule has 44 heavy (non-hydrogen) atoms. The number of allylic oxidation sites excluding steroid dienone is 2. The van der Waals surface area contributed by atoms with Gasteiger partial charge in [-0.2, -0.15) is 0 Å². The number of aliphatic hydroxyl groups is 1. The molecule has 0 atom stereocenters. The zero-order valence-corrected chi connectivity index (χ0v) is 32.5. The topological polar surface area (TPSA) is 50.2 Å². The van der Waals surface area contributed by atoms with Crippen molar-refractivity contribution in [3.05, 3.63) is 96.1 Å². The van der Waals surface area contributed by atoms with Crippen LogP contribution in [0.3, 0.4) is 0 Å². The largest absolute Gasteiger partial charge is 0 e. The first-order valence-electron chi connectivity index (χ1n) is 15.0. The fourth-order valence-corrected chi connectivity index (χ4v) is 6.84. The molecule has 0 saturated heterocycles. The number of rotatable bonds is 5. The molecule has 4 aromatic rings. The van der Waals surface area contributed by atoms with Gasteiger partial charge in [0, 0.05) is 37.0 Å². The summed E-state index contributed by atoms with van der Waals surface area (Å²) in [5.41, 5.74) is 3.61. The Bertz CT molecular complexity index is 1620. The van der Waals surface area contributed by atoms with Crippen molar-refractivity contribution in [1.82, 2.24) is 4.98 Å². The molecule has 6 heteroatoms. The monoisotopic (exact) mass is 835 g/mol. The fourth-order valence-electron chi connectivity index (χ4n) is 4.39. The second-order valence-electron chi connectivity index (χ2n) is 14.6. The molecule has 0 aliphatic carbocycles. The van der Waals surface area contributed by atoms with Gasteiger partial charge in [0.25, 0.3) is 0 Å². The van der Waals surface area contributed by atoms with Gasteiger partial charge in [-0.05, 0) is 0 Å². The molecule has 0 fully saturated rings. The van der Waals surface area contributed by atoms with Crippen LogP contribution in [0.4, 0.5) is 4.39 Å². The minimum atomic E-state index is -1.90. The molecule has 1 radical (unpaired) electrons. The minimum Gasteiger partial charge on any atom is 0 e. The number of aliphatic hydroxyl groups excluding tert-OH is 1. The van der Waals surface area contributed by atoms with Gasteiger partial charge in [-0.1, -0.05) is 47.6 Å². The Hall–Kier alpha value is -2.60. The van der Waals surface area contributed by atoms with E-state index in [0.29, 0.717) is 11.5 Å². The van der Waals surface area contributed by atoms with Crippen LogP contribution in [0.15, 0.2) is 78.7 Å². The smallest absolute Gasteiger partial charge is 0 e. The van der Waals surface area contributed by atoms with E-state index in [1.165, 1.54) is 27.6 Å². The Morgan fingerprint density at radius 3 is 2.05 bits per heavy atom. The Balaban J connectivity index is 0.000000412. The second-order valence-corrected chi connectivity index (χ2v) is 25.3. The van der Waals surface area contributed by atoms with Gasteiger partial charge in [-0.15, -0.1) is 0 Å². The van der Waals surface area contributed by atoms with Crippen molar-refractivity contribution in [2.75, 3.05) is 0 Å². The van der Waals surface area contributed by atoms with Crippen LogP contribution in [0.25, 0.3) is 33.2 Å². The van der Waals surface area contributed by atoms with Crippen LogP contribution in [0.5, 0.6) is 0 Å². The van der Waals surface area contributed by atoms with Gasteiger partial charge in [-0.3, -0.25) is 4.79 Å². The van der Waals surface area contributed by atoms with Crippen molar-refractivity contribution in [3.8, 4) is 22.4 Å². The zero-order valence-electron chi connectivity index (χ0n) is 28.0. The van der Waals surface area contributed by atoms with Gasteiger partial charge < -0.3 is 5.11 Å². The molecule has 1 heterocycles. The number of benzene rings is 3. The molecule has 0 amide bonds. The molecule has 237 valence electrons. The first-order chi connectivity index (χ1) is 19.8. The molecule has 0 aliphatic heterocycles. The predicted molar refractivity (Wildman–Crippen MR) is 183 cm³/mol. The molecule has 0 unspecified atom stereocenters. The van der Waals surface area contributed by atoms with Crippen molar-refractivity contribution in [2.24, 2.45) is 10.8 Å². The molecular formula is C38H47FGeIrNO2-. The SMILES string of the molecule is CC(C)(C)C(=O)/C=C(\O)C(C)(C)C.CC(C)c1cc(-c2cc(-c3cc[c]([Ge]([CH3])([CH3])[CH3])cc3)c(F)cn2)[c-]c2ccccc12.[Ir]. The van der Waals surface area contributed by atoms with E-state index >= 15 is 0 Å². The van der Waals surface area contributed by atoms with E-state index in [9.17, 15) is 14.3 Å². The molecule has 0 bridgehead atoms. The summed E-state index contributed by atoms with van der Waals surface area (Å²) in [4.78, 5) is 15.9. The number of nitrogens with zero attached hydrogens (tertiary/aromatic N) is 1. The summed E-state index contributed by atoms with van der Waals surface area (Å²) in [7, 11) is 0. The van der Waals surface area contributed by atoms with Crippen LogP contribution in [0.2, 0.25) is 17.3 Å². The number of aromatic nitrogens is 1. The molecule has 3 aromatic carbocycles. The quantitative estimate of drug-likeness (QED) is 0.0943. The number of halogens is 1. The van der Waals surface area contributed by atoms with E-state index in [1.807, 2.05) is 65.8 Å². The van der Waals surface area contributed by atoms with E-state index in [0.717, 1.165) is 22.2 Å². The number of pyridine rings is 1. The second kappa shape index (κ2) is 14.7. The van der Waals surface area contributed by atoms with Crippen molar-refractivity contribution >= 4 is 34.2 Å². The van der Waals surface area contributed by atoms with Gasteiger partial charge in [0.1, 0.15) is 5.76 Å². The van der Waals surface area contributed by atoms with Crippen molar-refractivity contribution in [2.45, 2.75) is 78.6 Å². The molecule has 1 aromatic heterocycles. The van der Waals surface area contributed by atoms with Gasteiger partial charge in [0.15, 0.2) is 5.78 Å². The number of hydrogen-bond donors (Lipinski definition) is 1. The standard InChI is InChI=1S/C27H27FGeN.C11H20O2.Ir/c1-18(2)24-15-21(14-20-8-6-7-9-23(20)24)27-16-25(26(28)17-30-27)19-10-12-22(13-11-19)29(3,4)5;1-10(2,3)8(12)7-9(13)11(4,5)6;/h6-13,15-18H,1-5H3;7,12H,1-6H3;/q-1;;/b;8-7-;. The summed E-state index contributed by atoms with van der Waals surface area (Å²) in [6, 6.07) is 24.2. The molecule has 0 spiro atoms. The third-order valence-electron chi connectivity index (χ3n) is 7.40. The van der Waals surface area contributed by atoms with Crippen LogP contribution in [-0.2, 0) is 24.9 Å². The maximum Gasteiger partial charge on any atom is 0 e. The summed E-state index contributed by atoms with van der Waals surface area (Å²) in [5, 5.41) is 11.8.